The van der Waals surface area contributed by atoms with Crippen LogP contribution in [-0.2, 0) is 4.79 Å². The molecule has 142 valence electrons. The van der Waals surface area contributed by atoms with Crippen LogP contribution >= 0.6 is 24.0 Å². The minimum atomic E-state index is 0. The number of aliphatic imine (C=N–C) groups is 1. The Balaban J connectivity index is 0.00000529. The molecule has 1 amide bonds. The van der Waals surface area contributed by atoms with Gasteiger partial charge in [-0.25, -0.2) is 0 Å². The Morgan fingerprint density at radius 3 is 2.00 bits per heavy atom. The summed E-state index contributed by atoms with van der Waals surface area (Å²) < 4.78 is 0. The quantitative estimate of drug-likeness (QED) is 0.379. The highest BCUT2D eigenvalue weighted by Crippen LogP contribution is 2.05. The predicted octanol–water partition coefficient (Wildman–Crippen LogP) is 1.85. The molecule has 0 aromatic rings. The summed E-state index contributed by atoms with van der Waals surface area (Å²) in [5, 5.41) is 3.38. The minimum absolute atomic E-state index is 0. The third-order valence-corrected chi connectivity index (χ3v) is 4.31. The lowest BCUT2D eigenvalue weighted by molar-refractivity contribution is -0.130. The van der Waals surface area contributed by atoms with Crippen LogP contribution in [0.3, 0.4) is 0 Å². The van der Waals surface area contributed by atoms with Crippen molar-refractivity contribution in [2.45, 2.75) is 53.6 Å². The van der Waals surface area contributed by atoms with E-state index in [1.165, 1.54) is 0 Å². The normalized spacial score (nSPS) is 16.0. The second-order valence-corrected chi connectivity index (χ2v) is 6.65. The van der Waals surface area contributed by atoms with Gasteiger partial charge in [-0.3, -0.25) is 14.7 Å². The fourth-order valence-electron chi connectivity index (χ4n) is 3.04. The molecule has 1 rings (SSSR count). The molecule has 0 saturated carbocycles. The molecule has 24 heavy (non-hydrogen) atoms. The van der Waals surface area contributed by atoms with E-state index in [1.807, 2.05) is 4.90 Å². The van der Waals surface area contributed by atoms with E-state index < -0.39 is 0 Å². The number of halogens is 1. The van der Waals surface area contributed by atoms with Crippen molar-refractivity contribution in [3.8, 4) is 0 Å². The molecule has 0 aromatic carbocycles. The Morgan fingerprint density at radius 1 is 1.08 bits per heavy atom. The first-order chi connectivity index (χ1) is 10.9. The number of hydrogen-bond donors (Lipinski definition) is 1. The van der Waals surface area contributed by atoms with Gasteiger partial charge in [0.15, 0.2) is 5.96 Å². The van der Waals surface area contributed by atoms with Crippen LogP contribution in [0.5, 0.6) is 0 Å². The lowest BCUT2D eigenvalue weighted by Gasteiger charge is -2.36. The first kappa shape index (κ1) is 23.4. The number of carbonyl (C=O) groups excluding carboxylic acids is 1. The van der Waals surface area contributed by atoms with Crippen molar-refractivity contribution in [1.29, 1.82) is 0 Å². The van der Waals surface area contributed by atoms with Gasteiger partial charge in [-0.2, -0.15) is 0 Å². The molecule has 0 radical (unpaired) electrons. The van der Waals surface area contributed by atoms with E-state index in [1.54, 1.807) is 6.92 Å². The van der Waals surface area contributed by atoms with E-state index in [9.17, 15) is 4.79 Å². The van der Waals surface area contributed by atoms with Crippen LogP contribution in [0.4, 0.5) is 0 Å². The Hall–Kier alpha value is -0.570. The van der Waals surface area contributed by atoms with Gasteiger partial charge in [0.05, 0.1) is 6.54 Å². The van der Waals surface area contributed by atoms with Crippen LogP contribution in [-0.4, -0.2) is 84.5 Å². The SMILES string of the molecule is CCNC(=NCCN(C(C)C)C(C)C)N1CCN(C(C)=O)CC1.I. The summed E-state index contributed by atoms with van der Waals surface area (Å²) in [6, 6.07) is 1.07. The molecule has 6 nitrogen and oxygen atoms in total. The molecule has 7 heteroatoms. The third kappa shape index (κ3) is 7.55. The number of hydrogen-bond acceptors (Lipinski definition) is 3. The Bertz CT molecular complexity index is 384. The van der Waals surface area contributed by atoms with Crippen LogP contribution in [0.25, 0.3) is 0 Å². The molecule has 0 aliphatic carbocycles. The van der Waals surface area contributed by atoms with Crippen molar-refractivity contribution in [1.82, 2.24) is 20.0 Å². The van der Waals surface area contributed by atoms with Gasteiger partial charge in [-0.15, -0.1) is 24.0 Å². The van der Waals surface area contributed by atoms with Crippen molar-refractivity contribution in [3.05, 3.63) is 0 Å². The molecule has 0 unspecified atom stereocenters. The molecule has 1 aliphatic heterocycles. The van der Waals surface area contributed by atoms with Crippen molar-refractivity contribution in [2.24, 2.45) is 4.99 Å². The first-order valence-electron chi connectivity index (χ1n) is 8.91. The highest BCUT2D eigenvalue weighted by molar-refractivity contribution is 14.0. The number of amides is 1. The minimum Gasteiger partial charge on any atom is -0.357 e. The summed E-state index contributed by atoms with van der Waals surface area (Å²) in [6.07, 6.45) is 0. The van der Waals surface area contributed by atoms with E-state index in [0.29, 0.717) is 12.1 Å². The van der Waals surface area contributed by atoms with Crippen LogP contribution < -0.4 is 5.32 Å². The molecule has 0 aromatic heterocycles. The number of piperazine rings is 1. The van der Waals surface area contributed by atoms with Crippen LogP contribution in [0.15, 0.2) is 4.99 Å². The molecule has 1 saturated heterocycles. The molecular formula is C17H36IN5O. The molecule has 1 fully saturated rings. The maximum absolute atomic E-state index is 11.4. The number of carbonyl (C=O) groups is 1. The van der Waals surface area contributed by atoms with Gasteiger partial charge in [0.1, 0.15) is 0 Å². The molecule has 1 N–H and O–H groups in total. The summed E-state index contributed by atoms with van der Waals surface area (Å²) in [7, 11) is 0. The number of nitrogens with zero attached hydrogens (tertiary/aromatic N) is 4. The summed E-state index contributed by atoms with van der Waals surface area (Å²) >= 11 is 0. The van der Waals surface area contributed by atoms with E-state index >= 15 is 0 Å². The molecule has 0 spiro atoms. The Labute approximate surface area is 165 Å². The topological polar surface area (TPSA) is 51.2 Å². The van der Waals surface area contributed by atoms with Gasteiger partial charge in [0.2, 0.25) is 5.91 Å². The zero-order valence-corrected chi connectivity index (χ0v) is 18.5. The van der Waals surface area contributed by atoms with Gasteiger partial charge in [-0.1, -0.05) is 0 Å². The highest BCUT2D eigenvalue weighted by Gasteiger charge is 2.21. The maximum Gasteiger partial charge on any atom is 0.219 e. The number of nitrogens with one attached hydrogen (secondary N) is 1. The van der Waals surface area contributed by atoms with E-state index in [2.05, 4.69) is 49.7 Å². The summed E-state index contributed by atoms with van der Waals surface area (Å²) in [5.41, 5.74) is 0. The van der Waals surface area contributed by atoms with Crippen molar-refractivity contribution < 1.29 is 4.79 Å². The van der Waals surface area contributed by atoms with Crippen LogP contribution in [0, 0.1) is 0 Å². The molecule has 1 aliphatic rings. The molecule has 0 atom stereocenters. The lowest BCUT2D eigenvalue weighted by atomic mass is 10.2. The van der Waals surface area contributed by atoms with E-state index in [4.69, 9.17) is 4.99 Å². The van der Waals surface area contributed by atoms with Crippen molar-refractivity contribution in [2.75, 3.05) is 45.8 Å². The largest absolute Gasteiger partial charge is 0.357 e. The standard InChI is InChI=1S/C17H35N5O.HI/c1-7-18-17(19-8-9-22(14(2)3)15(4)5)21-12-10-20(11-13-21)16(6)23;/h14-15H,7-13H2,1-6H3,(H,18,19);1H. The molecular weight excluding hydrogens is 417 g/mol. The average molecular weight is 453 g/mol. The van der Waals surface area contributed by atoms with Crippen molar-refractivity contribution in [3.63, 3.8) is 0 Å². The average Bonchev–Trinajstić information content (AvgIpc) is 2.49. The van der Waals surface area contributed by atoms with Gasteiger partial charge in [0, 0.05) is 58.3 Å². The van der Waals surface area contributed by atoms with Gasteiger partial charge >= 0.3 is 0 Å². The zero-order valence-electron chi connectivity index (χ0n) is 16.2. The lowest BCUT2D eigenvalue weighted by Crippen LogP contribution is -2.53. The maximum atomic E-state index is 11.4. The number of guanidine groups is 1. The molecule has 0 bridgehead atoms. The second-order valence-electron chi connectivity index (χ2n) is 6.65. The van der Waals surface area contributed by atoms with Gasteiger partial charge in [0.25, 0.3) is 0 Å². The second kappa shape index (κ2) is 11.9. The van der Waals surface area contributed by atoms with E-state index in [-0.39, 0.29) is 29.9 Å². The summed E-state index contributed by atoms with van der Waals surface area (Å²) in [4.78, 5) is 22.9. The smallest absolute Gasteiger partial charge is 0.219 e. The third-order valence-electron chi connectivity index (χ3n) is 4.31. The summed E-state index contributed by atoms with van der Waals surface area (Å²) in [6.45, 7) is 18.6. The fraction of sp³-hybridized carbons (Fsp3) is 0.882. The van der Waals surface area contributed by atoms with Gasteiger partial charge in [-0.05, 0) is 34.6 Å². The van der Waals surface area contributed by atoms with Crippen molar-refractivity contribution >= 4 is 35.8 Å². The fourth-order valence-corrected chi connectivity index (χ4v) is 3.04. The highest BCUT2D eigenvalue weighted by atomic mass is 127. The zero-order chi connectivity index (χ0) is 17.4. The molecule has 1 heterocycles. The summed E-state index contributed by atoms with van der Waals surface area (Å²) in [5.74, 6) is 1.14. The number of rotatable bonds is 6. The first-order valence-corrected chi connectivity index (χ1v) is 8.91. The monoisotopic (exact) mass is 453 g/mol. The Morgan fingerprint density at radius 2 is 1.58 bits per heavy atom. The van der Waals surface area contributed by atoms with Crippen LogP contribution in [0.2, 0.25) is 0 Å². The Kier molecular flexibility index (Phi) is 11.6. The predicted molar refractivity (Wildman–Crippen MR) is 112 cm³/mol. The van der Waals surface area contributed by atoms with Crippen LogP contribution in [0.1, 0.15) is 41.5 Å². The van der Waals surface area contributed by atoms with Gasteiger partial charge < -0.3 is 15.1 Å². The van der Waals surface area contributed by atoms with E-state index in [0.717, 1.165) is 51.8 Å².